The molecule has 0 saturated carbocycles. The summed E-state index contributed by atoms with van der Waals surface area (Å²) >= 11 is 0. The molecule has 0 rings (SSSR count). The van der Waals surface area contributed by atoms with E-state index in [1.54, 1.807) is 0 Å². The van der Waals surface area contributed by atoms with Crippen molar-refractivity contribution in [1.29, 1.82) is 0 Å². The van der Waals surface area contributed by atoms with E-state index in [1.807, 2.05) is 0 Å². The SMILES string of the molecule is CCN(CCCC(=O)O)CC(C)C. The molecule has 3 heteroatoms. The third-order valence-corrected chi connectivity index (χ3v) is 1.94. The van der Waals surface area contributed by atoms with Gasteiger partial charge in [0.2, 0.25) is 0 Å². The van der Waals surface area contributed by atoms with Gasteiger partial charge in [0.1, 0.15) is 0 Å². The summed E-state index contributed by atoms with van der Waals surface area (Å²) in [7, 11) is 0. The highest BCUT2D eigenvalue weighted by atomic mass is 16.4. The first-order valence-corrected chi connectivity index (χ1v) is 5.00. The van der Waals surface area contributed by atoms with Gasteiger partial charge in [-0.1, -0.05) is 20.8 Å². The summed E-state index contributed by atoms with van der Waals surface area (Å²) < 4.78 is 0. The van der Waals surface area contributed by atoms with Crippen molar-refractivity contribution in [3.8, 4) is 0 Å². The monoisotopic (exact) mass is 187 g/mol. The Morgan fingerprint density at radius 2 is 2.08 bits per heavy atom. The fraction of sp³-hybridized carbons (Fsp3) is 0.900. The lowest BCUT2D eigenvalue weighted by Gasteiger charge is -2.21. The lowest BCUT2D eigenvalue weighted by Crippen LogP contribution is -2.28. The molecular weight excluding hydrogens is 166 g/mol. The van der Waals surface area contributed by atoms with Crippen LogP contribution in [0.4, 0.5) is 0 Å². The standard InChI is InChI=1S/C10H21NO2/c1-4-11(8-9(2)3)7-5-6-10(12)13/h9H,4-8H2,1-3H3,(H,12,13). The van der Waals surface area contributed by atoms with Gasteiger partial charge in [0.15, 0.2) is 0 Å². The minimum absolute atomic E-state index is 0.286. The first-order chi connectivity index (χ1) is 6.06. The first-order valence-electron chi connectivity index (χ1n) is 5.00. The van der Waals surface area contributed by atoms with Gasteiger partial charge >= 0.3 is 5.97 Å². The normalized spacial score (nSPS) is 11.2. The predicted molar refractivity (Wildman–Crippen MR) is 53.8 cm³/mol. The Bertz CT molecular complexity index is 146. The molecule has 1 N–H and O–H groups in total. The van der Waals surface area contributed by atoms with Crippen molar-refractivity contribution in [3.63, 3.8) is 0 Å². The van der Waals surface area contributed by atoms with Crippen molar-refractivity contribution in [2.24, 2.45) is 5.92 Å². The van der Waals surface area contributed by atoms with Crippen LogP contribution in [0.3, 0.4) is 0 Å². The third kappa shape index (κ3) is 7.78. The summed E-state index contributed by atoms with van der Waals surface area (Å²) in [5.41, 5.74) is 0. The number of aliphatic carboxylic acids is 1. The number of hydrogen-bond acceptors (Lipinski definition) is 2. The molecule has 78 valence electrons. The molecule has 0 aromatic heterocycles. The summed E-state index contributed by atoms with van der Waals surface area (Å²) in [6.45, 7) is 9.46. The number of carboxylic acids is 1. The molecule has 0 aliphatic rings. The van der Waals surface area contributed by atoms with Gasteiger partial charge in [-0.05, 0) is 25.4 Å². The van der Waals surface area contributed by atoms with Crippen LogP contribution in [-0.4, -0.2) is 35.6 Å². The van der Waals surface area contributed by atoms with E-state index in [4.69, 9.17) is 5.11 Å². The van der Waals surface area contributed by atoms with Gasteiger partial charge < -0.3 is 10.0 Å². The second-order valence-electron chi connectivity index (χ2n) is 3.78. The van der Waals surface area contributed by atoms with Crippen LogP contribution in [-0.2, 0) is 4.79 Å². The lowest BCUT2D eigenvalue weighted by molar-refractivity contribution is -0.137. The molecule has 0 amide bonds. The highest BCUT2D eigenvalue weighted by Gasteiger charge is 2.05. The fourth-order valence-electron chi connectivity index (χ4n) is 1.35. The Morgan fingerprint density at radius 1 is 1.46 bits per heavy atom. The topological polar surface area (TPSA) is 40.5 Å². The zero-order chi connectivity index (χ0) is 10.3. The molecule has 0 bridgehead atoms. The van der Waals surface area contributed by atoms with Gasteiger partial charge in [-0.25, -0.2) is 0 Å². The summed E-state index contributed by atoms with van der Waals surface area (Å²) in [5, 5.41) is 8.46. The molecule has 0 aromatic carbocycles. The van der Waals surface area contributed by atoms with Gasteiger partial charge in [-0.3, -0.25) is 4.79 Å². The molecule has 0 aromatic rings. The average molecular weight is 187 g/mol. The highest BCUT2D eigenvalue weighted by molar-refractivity contribution is 5.66. The Morgan fingerprint density at radius 3 is 2.46 bits per heavy atom. The molecule has 0 unspecified atom stereocenters. The molecule has 0 radical (unpaired) electrons. The van der Waals surface area contributed by atoms with Crippen molar-refractivity contribution in [1.82, 2.24) is 4.90 Å². The Kier molecular flexibility index (Phi) is 6.59. The smallest absolute Gasteiger partial charge is 0.303 e. The molecule has 3 nitrogen and oxygen atoms in total. The van der Waals surface area contributed by atoms with Gasteiger partial charge in [-0.2, -0.15) is 0 Å². The number of carbonyl (C=O) groups is 1. The largest absolute Gasteiger partial charge is 0.481 e. The van der Waals surface area contributed by atoms with E-state index in [0.29, 0.717) is 5.92 Å². The molecule has 0 heterocycles. The van der Waals surface area contributed by atoms with E-state index in [9.17, 15) is 4.79 Å². The average Bonchev–Trinajstić information content (AvgIpc) is 2.01. The van der Waals surface area contributed by atoms with Crippen molar-refractivity contribution in [2.45, 2.75) is 33.6 Å². The predicted octanol–water partition coefficient (Wildman–Crippen LogP) is 1.83. The highest BCUT2D eigenvalue weighted by Crippen LogP contribution is 2.00. The fourth-order valence-corrected chi connectivity index (χ4v) is 1.35. The lowest BCUT2D eigenvalue weighted by atomic mass is 10.2. The minimum atomic E-state index is -0.694. The summed E-state index contributed by atoms with van der Waals surface area (Å²) in [5.74, 6) is -0.0367. The van der Waals surface area contributed by atoms with Crippen LogP contribution >= 0.6 is 0 Å². The van der Waals surface area contributed by atoms with Crippen LogP contribution in [0, 0.1) is 5.92 Å². The molecule has 0 aliphatic carbocycles. The minimum Gasteiger partial charge on any atom is -0.481 e. The van der Waals surface area contributed by atoms with E-state index >= 15 is 0 Å². The van der Waals surface area contributed by atoms with Gasteiger partial charge in [0, 0.05) is 13.0 Å². The van der Waals surface area contributed by atoms with Crippen molar-refractivity contribution >= 4 is 5.97 Å². The third-order valence-electron chi connectivity index (χ3n) is 1.94. The summed E-state index contributed by atoms with van der Waals surface area (Å²) in [4.78, 5) is 12.6. The maximum atomic E-state index is 10.3. The Hall–Kier alpha value is -0.570. The van der Waals surface area contributed by atoms with Gasteiger partial charge in [0.25, 0.3) is 0 Å². The van der Waals surface area contributed by atoms with Crippen molar-refractivity contribution in [2.75, 3.05) is 19.6 Å². The first kappa shape index (κ1) is 12.4. The second-order valence-corrected chi connectivity index (χ2v) is 3.78. The summed E-state index contributed by atoms with van der Waals surface area (Å²) in [6, 6.07) is 0. The van der Waals surface area contributed by atoms with Crippen LogP contribution in [0.2, 0.25) is 0 Å². The zero-order valence-electron chi connectivity index (χ0n) is 8.92. The zero-order valence-corrected chi connectivity index (χ0v) is 8.92. The van der Waals surface area contributed by atoms with E-state index in [1.165, 1.54) is 0 Å². The van der Waals surface area contributed by atoms with E-state index in [0.717, 1.165) is 26.1 Å². The van der Waals surface area contributed by atoms with Crippen LogP contribution < -0.4 is 0 Å². The Labute approximate surface area is 80.7 Å². The van der Waals surface area contributed by atoms with Gasteiger partial charge in [-0.15, -0.1) is 0 Å². The molecule has 0 saturated heterocycles. The van der Waals surface area contributed by atoms with Gasteiger partial charge in [0.05, 0.1) is 0 Å². The number of hydrogen-bond donors (Lipinski definition) is 1. The van der Waals surface area contributed by atoms with Crippen LogP contribution in [0.1, 0.15) is 33.6 Å². The summed E-state index contributed by atoms with van der Waals surface area (Å²) in [6.07, 6.45) is 1.05. The second kappa shape index (κ2) is 6.89. The van der Waals surface area contributed by atoms with E-state index < -0.39 is 5.97 Å². The number of nitrogens with zero attached hydrogens (tertiary/aromatic N) is 1. The molecular formula is C10H21NO2. The maximum Gasteiger partial charge on any atom is 0.303 e. The number of rotatable bonds is 7. The molecule has 0 atom stereocenters. The molecule has 13 heavy (non-hydrogen) atoms. The Balaban J connectivity index is 3.53. The van der Waals surface area contributed by atoms with Crippen LogP contribution in [0.5, 0.6) is 0 Å². The number of carboxylic acid groups (broad SMARTS) is 1. The van der Waals surface area contributed by atoms with E-state index in [2.05, 4.69) is 25.7 Å². The van der Waals surface area contributed by atoms with Crippen LogP contribution in [0.15, 0.2) is 0 Å². The quantitative estimate of drug-likeness (QED) is 0.661. The molecule has 0 aliphatic heterocycles. The van der Waals surface area contributed by atoms with E-state index in [-0.39, 0.29) is 6.42 Å². The van der Waals surface area contributed by atoms with Crippen molar-refractivity contribution in [3.05, 3.63) is 0 Å². The molecule has 0 fully saturated rings. The van der Waals surface area contributed by atoms with Crippen molar-refractivity contribution < 1.29 is 9.90 Å². The molecule has 0 spiro atoms. The maximum absolute atomic E-state index is 10.3. The van der Waals surface area contributed by atoms with Crippen LogP contribution in [0.25, 0.3) is 0 Å².